The van der Waals surface area contributed by atoms with Crippen LogP contribution in [0.3, 0.4) is 0 Å². The number of nitrogens with one attached hydrogen (secondary N) is 2. The molecule has 1 aliphatic heterocycles. The van der Waals surface area contributed by atoms with Crippen LogP contribution in [-0.2, 0) is 14.3 Å². The fourth-order valence-electron chi connectivity index (χ4n) is 7.84. The van der Waals surface area contributed by atoms with Gasteiger partial charge in [-0.25, -0.2) is 17.6 Å². The van der Waals surface area contributed by atoms with Crippen LogP contribution >= 0.6 is 0 Å². The lowest BCUT2D eigenvalue weighted by atomic mass is 9.73. The first kappa shape index (κ1) is 50.1. The molecule has 0 radical (unpaired) electrons. The van der Waals surface area contributed by atoms with E-state index in [0.717, 1.165) is 49.1 Å². The largest absolute Gasteiger partial charge is 0.618 e. The Bertz CT molecular complexity index is 2810. The van der Waals surface area contributed by atoms with Crippen molar-refractivity contribution in [3.8, 4) is 11.3 Å². The van der Waals surface area contributed by atoms with E-state index in [9.17, 15) is 41.9 Å². The second kappa shape index (κ2) is 22.0. The molecule has 6 N–H and O–H groups in total. The van der Waals surface area contributed by atoms with Crippen LogP contribution in [0.4, 0.5) is 28.9 Å². The molecule has 0 bridgehead atoms. The van der Waals surface area contributed by atoms with Crippen molar-refractivity contribution in [3.05, 3.63) is 164 Å². The second-order valence-corrected chi connectivity index (χ2v) is 16.7. The van der Waals surface area contributed by atoms with Crippen molar-refractivity contribution in [2.75, 3.05) is 71.1 Å². The molecule has 1 saturated heterocycles. The van der Waals surface area contributed by atoms with Crippen molar-refractivity contribution in [1.29, 1.82) is 0 Å². The molecule has 1 fully saturated rings. The van der Waals surface area contributed by atoms with Gasteiger partial charge in [0.2, 0.25) is 11.6 Å². The van der Waals surface area contributed by atoms with Crippen molar-refractivity contribution >= 4 is 40.3 Å². The minimum atomic E-state index is -1.03. The van der Waals surface area contributed by atoms with E-state index < -0.39 is 40.3 Å². The number of pyridine rings is 2. The normalized spacial score (nSPS) is 14.5. The third-order valence-electron chi connectivity index (χ3n) is 11.5. The predicted octanol–water partition coefficient (Wildman–Crippen LogP) is 6.12. The fraction of sp³-hybridized carbons (Fsp3) is 0.280. The molecule has 3 heterocycles. The van der Waals surface area contributed by atoms with Gasteiger partial charge >= 0.3 is 0 Å². The number of allylic oxidation sites excluding steroid dienone is 3. The van der Waals surface area contributed by atoms with E-state index in [1.165, 1.54) is 18.3 Å². The molecule has 0 spiro atoms. The SMILES string of the molecule is COCCNC(=O)C1=CC=C(c2nccc(C(=O)c3ccc(F)cc3F)c2N)C(C)(C)C1.Cc1cc(C(=O)NCCN2CCOCC2)ccc1-c1c(N)c(C(=O)c2ccc(F)cc2F)cc[n+]1[O-]. The number of anilines is 2. The molecule has 3 aromatic carbocycles. The van der Waals surface area contributed by atoms with Crippen molar-refractivity contribution in [3.63, 3.8) is 0 Å². The summed E-state index contributed by atoms with van der Waals surface area (Å²) in [6.45, 7) is 10.7. The lowest BCUT2D eigenvalue weighted by molar-refractivity contribution is -0.593. The van der Waals surface area contributed by atoms with Gasteiger partial charge in [-0.05, 0) is 78.4 Å². The first-order valence-corrected chi connectivity index (χ1v) is 21.6. The van der Waals surface area contributed by atoms with Gasteiger partial charge in [0, 0.05) is 80.9 Å². The van der Waals surface area contributed by atoms with E-state index in [0.29, 0.717) is 90.7 Å². The van der Waals surface area contributed by atoms with Crippen LogP contribution in [0.1, 0.15) is 73.7 Å². The smallest absolute Gasteiger partial charge is 0.251 e. The first-order valence-electron chi connectivity index (χ1n) is 21.6. The highest BCUT2D eigenvalue weighted by molar-refractivity contribution is 6.14. The number of amides is 2. The summed E-state index contributed by atoms with van der Waals surface area (Å²) in [6.07, 6.45) is 6.43. The molecule has 18 heteroatoms. The highest BCUT2D eigenvalue weighted by Gasteiger charge is 2.33. The average Bonchev–Trinajstić information content (AvgIpc) is 3.29. The monoisotopic (exact) mass is 937 g/mol. The molecular formula is C50H51F4N7O7. The topological polar surface area (TPSA) is 206 Å². The van der Waals surface area contributed by atoms with E-state index >= 15 is 0 Å². The molecular weight excluding hydrogens is 887 g/mol. The van der Waals surface area contributed by atoms with Gasteiger partial charge in [-0.2, -0.15) is 4.73 Å². The second-order valence-electron chi connectivity index (χ2n) is 16.7. The van der Waals surface area contributed by atoms with E-state index in [4.69, 9.17) is 20.9 Å². The molecule has 5 aromatic rings. The number of carbonyl (C=O) groups excluding carboxylic acids is 4. The van der Waals surface area contributed by atoms with Crippen molar-refractivity contribution in [2.24, 2.45) is 5.41 Å². The molecule has 2 aliphatic rings. The molecule has 7 rings (SSSR count). The van der Waals surface area contributed by atoms with Crippen molar-refractivity contribution in [2.45, 2.75) is 27.2 Å². The van der Waals surface area contributed by atoms with Gasteiger partial charge in [-0.3, -0.25) is 29.1 Å². The Morgan fingerprint density at radius 2 is 1.43 bits per heavy atom. The number of morpholine rings is 1. The number of aryl methyl sites for hydroxylation is 1. The van der Waals surface area contributed by atoms with E-state index in [2.05, 4.69) is 20.5 Å². The number of hydrogen-bond donors (Lipinski definition) is 4. The zero-order chi connectivity index (χ0) is 49.3. The Kier molecular flexibility index (Phi) is 16.2. The summed E-state index contributed by atoms with van der Waals surface area (Å²) in [5.41, 5.74) is 14.4. The molecule has 356 valence electrons. The van der Waals surface area contributed by atoms with Gasteiger partial charge in [0.05, 0.1) is 53.5 Å². The van der Waals surface area contributed by atoms with Gasteiger partial charge in [0.25, 0.3) is 5.91 Å². The molecule has 14 nitrogen and oxygen atoms in total. The number of ketones is 2. The van der Waals surface area contributed by atoms with Crippen LogP contribution in [0.5, 0.6) is 0 Å². The number of nitrogens with two attached hydrogens (primary N) is 2. The third-order valence-corrected chi connectivity index (χ3v) is 11.5. The zero-order valence-corrected chi connectivity index (χ0v) is 37.9. The fourth-order valence-corrected chi connectivity index (χ4v) is 7.84. The minimum absolute atomic E-state index is 0.000135. The zero-order valence-electron chi connectivity index (χ0n) is 37.9. The van der Waals surface area contributed by atoms with Crippen LogP contribution < -0.4 is 26.8 Å². The Hall–Kier alpha value is -7.28. The van der Waals surface area contributed by atoms with Gasteiger partial charge in [0.15, 0.2) is 17.8 Å². The van der Waals surface area contributed by atoms with Gasteiger partial charge in [-0.1, -0.05) is 26.0 Å². The average molecular weight is 938 g/mol. The maximum Gasteiger partial charge on any atom is 0.251 e. The summed E-state index contributed by atoms with van der Waals surface area (Å²) in [5, 5.41) is 18.3. The summed E-state index contributed by atoms with van der Waals surface area (Å²) < 4.78 is 65.6. The standard InChI is InChI=1S/C26H26F2N4O4.C24H25F2N3O3/c1-16-14-17(26(34)30-7-9-31-10-12-36-13-11-31)2-4-19(16)24-23(29)21(6-8-32(24)35)25(33)20-5-3-18(27)15-22(20)28;1-24(2)13-14(23(31)29-10-11-32-3)4-7-18(24)21-20(27)17(8-9-28-21)22(30)16-6-5-15(25)12-19(16)26/h2-6,8,14-15H,7,9-13,29H2,1H3,(H,30,34);4-9,12H,10-11,13,27H2,1-3H3,(H,29,31). The molecule has 0 saturated carbocycles. The summed E-state index contributed by atoms with van der Waals surface area (Å²) in [7, 11) is 1.56. The van der Waals surface area contributed by atoms with Crippen LogP contribution in [0.25, 0.3) is 16.8 Å². The number of carbonyl (C=O) groups is 4. The highest BCUT2D eigenvalue weighted by Crippen LogP contribution is 2.44. The summed E-state index contributed by atoms with van der Waals surface area (Å²) in [6, 6.07) is 12.8. The predicted molar refractivity (Wildman–Crippen MR) is 247 cm³/mol. The summed E-state index contributed by atoms with van der Waals surface area (Å²) in [4.78, 5) is 57.4. The Balaban J connectivity index is 0.000000226. The molecule has 2 aromatic heterocycles. The molecule has 0 atom stereocenters. The molecule has 1 aliphatic carbocycles. The molecule has 68 heavy (non-hydrogen) atoms. The number of rotatable bonds is 14. The number of nitrogens with zero attached hydrogens (tertiary/aromatic N) is 3. The third kappa shape index (κ3) is 11.6. The first-order chi connectivity index (χ1) is 32.4. The molecule has 2 amide bonds. The van der Waals surface area contributed by atoms with Gasteiger partial charge in [-0.15, -0.1) is 0 Å². The number of aromatic nitrogens is 2. The number of hydrogen-bond acceptors (Lipinski definition) is 11. The Labute approximate surface area is 390 Å². The number of halogens is 4. The van der Waals surface area contributed by atoms with Crippen LogP contribution in [-0.4, -0.2) is 92.9 Å². The number of ether oxygens (including phenoxy) is 2. The lowest BCUT2D eigenvalue weighted by Gasteiger charge is -2.32. The number of benzene rings is 3. The van der Waals surface area contributed by atoms with Crippen molar-refractivity contribution in [1.82, 2.24) is 20.5 Å². The van der Waals surface area contributed by atoms with E-state index in [-0.39, 0.29) is 51.1 Å². The van der Waals surface area contributed by atoms with E-state index in [1.807, 2.05) is 13.8 Å². The summed E-state index contributed by atoms with van der Waals surface area (Å²) in [5.74, 6) is -5.45. The summed E-state index contributed by atoms with van der Waals surface area (Å²) >= 11 is 0. The Morgan fingerprint density at radius 3 is 2.01 bits per heavy atom. The molecule has 0 unspecified atom stereocenters. The van der Waals surface area contributed by atoms with E-state index in [1.54, 1.807) is 44.4 Å². The van der Waals surface area contributed by atoms with Gasteiger partial charge < -0.3 is 36.8 Å². The quantitative estimate of drug-likeness (QED) is 0.0328. The Morgan fingerprint density at radius 1 is 0.809 bits per heavy atom. The lowest BCUT2D eigenvalue weighted by Crippen LogP contribution is -2.41. The minimum Gasteiger partial charge on any atom is -0.618 e. The van der Waals surface area contributed by atoms with Crippen LogP contribution in [0, 0.1) is 40.8 Å². The highest BCUT2D eigenvalue weighted by atomic mass is 19.1. The maximum absolute atomic E-state index is 14.2. The number of methoxy groups -OCH3 is 1. The van der Waals surface area contributed by atoms with Crippen molar-refractivity contribution < 1.29 is 50.9 Å². The van der Waals surface area contributed by atoms with Gasteiger partial charge in [0.1, 0.15) is 29.0 Å². The maximum atomic E-state index is 14.2. The number of nitrogen functional groups attached to an aromatic ring is 2. The van der Waals surface area contributed by atoms with Crippen LogP contribution in [0.15, 0.2) is 96.8 Å². The van der Waals surface area contributed by atoms with Crippen LogP contribution in [0.2, 0.25) is 0 Å².